The number of hydrogen-bond donors (Lipinski definition) is 2. The van der Waals surface area contributed by atoms with Crippen molar-refractivity contribution < 1.29 is 4.79 Å². The van der Waals surface area contributed by atoms with Crippen molar-refractivity contribution in [3.63, 3.8) is 0 Å². The van der Waals surface area contributed by atoms with Gasteiger partial charge in [0, 0.05) is 13.1 Å². The third-order valence-electron chi connectivity index (χ3n) is 3.57. The second-order valence-corrected chi connectivity index (χ2v) is 5.34. The average Bonchev–Trinajstić information content (AvgIpc) is 2.54. The van der Waals surface area contributed by atoms with Crippen molar-refractivity contribution in [3.05, 3.63) is 29.5 Å². The van der Waals surface area contributed by atoms with E-state index < -0.39 is 0 Å². The maximum atomic E-state index is 11.7. The molecule has 21 heavy (non-hydrogen) atoms. The zero-order valence-electron chi connectivity index (χ0n) is 12.7. The van der Waals surface area contributed by atoms with Crippen molar-refractivity contribution in [2.24, 2.45) is 0 Å². The molecule has 1 aliphatic rings. The van der Waals surface area contributed by atoms with E-state index in [2.05, 4.69) is 26.9 Å². The average molecular weight is 288 g/mol. The number of anilines is 1. The fraction of sp³-hybridized carbons (Fsp3) is 0.562. The van der Waals surface area contributed by atoms with Crippen LogP contribution in [0.2, 0.25) is 0 Å². The number of nitrogens with zero attached hydrogens (tertiary/aromatic N) is 2. The minimum absolute atomic E-state index is 0.164. The third-order valence-corrected chi connectivity index (χ3v) is 3.57. The van der Waals surface area contributed by atoms with Gasteiger partial charge in [-0.2, -0.15) is 0 Å². The van der Waals surface area contributed by atoms with Gasteiger partial charge in [0.1, 0.15) is 5.82 Å². The molecule has 0 saturated carbocycles. The minimum Gasteiger partial charge on any atom is -0.368 e. The third kappa shape index (κ3) is 5.17. The molecule has 0 spiro atoms. The molecule has 1 aromatic heterocycles. The number of allylic oxidation sites excluding steroid dienone is 1. The van der Waals surface area contributed by atoms with Crippen LogP contribution >= 0.6 is 0 Å². The van der Waals surface area contributed by atoms with E-state index in [-0.39, 0.29) is 5.91 Å². The number of hydrogen-bond acceptors (Lipinski definition) is 4. The van der Waals surface area contributed by atoms with Gasteiger partial charge in [-0.1, -0.05) is 18.6 Å². The van der Waals surface area contributed by atoms with Gasteiger partial charge in [-0.25, -0.2) is 0 Å². The highest BCUT2D eigenvalue weighted by Gasteiger charge is 2.07. The summed E-state index contributed by atoms with van der Waals surface area (Å²) in [5, 5.41) is 14.0. The van der Waals surface area contributed by atoms with E-state index in [1.165, 1.54) is 31.3 Å². The molecule has 0 fully saturated rings. The Morgan fingerprint density at radius 1 is 1.24 bits per heavy atom. The Hall–Kier alpha value is -1.91. The van der Waals surface area contributed by atoms with E-state index in [0.29, 0.717) is 12.2 Å². The van der Waals surface area contributed by atoms with E-state index in [0.717, 1.165) is 25.2 Å². The van der Waals surface area contributed by atoms with Crippen molar-refractivity contribution in [3.8, 4) is 0 Å². The second kappa shape index (κ2) is 8.39. The molecule has 0 atom stereocenters. The molecule has 2 N–H and O–H groups in total. The Kier molecular flexibility index (Phi) is 6.19. The van der Waals surface area contributed by atoms with Crippen LogP contribution in [0, 0.1) is 0 Å². The Morgan fingerprint density at radius 3 is 2.81 bits per heavy atom. The smallest absolute Gasteiger partial charge is 0.271 e. The standard InChI is InChI=1S/C16H24N4O/c1-2-11-18-16(21)14-8-9-15(20-19-14)17-12-10-13-6-4-3-5-7-13/h6,8-9H,2-5,7,10-12H2,1H3,(H,17,20)(H,18,21). The van der Waals surface area contributed by atoms with Crippen LogP contribution in [0.3, 0.4) is 0 Å². The van der Waals surface area contributed by atoms with E-state index in [1.807, 2.05) is 13.0 Å². The maximum absolute atomic E-state index is 11.7. The van der Waals surface area contributed by atoms with Crippen molar-refractivity contribution in [1.29, 1.82) is 0 Å². The van der Waals surface area contributed by atoms with E-state index >= 15 is 0 Å². The minimum atomic E-state index is -0.164. The molecular weight excluding hydrogens is 264 g/mol. The van der Waals surface area contributed by atoms with Gasteiger partial charge in [-0.05, 0) is 50.7 Å². The van der Waals surface area contributed by atoms with E-state index in [9.17, 15) is 4.79 Å². The summed E-state index contributed by atoms with van der Waals surface area (Å²) >= 11 is 0. The molecule has 2 rings (SSSR count). The molecule has 1 amide bonds. The predicted molar refractivity (Wildman–Crippen MR) is 84.3 cm³/mol. The van der Waals surface area contributed by atoms with Gasteiger partial charge in [0.25, 0.3) is 5.91 Å². The Bertz CT molecular complexity index is 482. The molecule has 0 saturated heterocycles. The van der Waals surface area contributed by atoms with E-state index in [1.54, 1.807) is 6.07 Å². The van der Waals surface area contributed by atoms with Crippen LogP contribution in [0.25, 0.3) is 0 Å². The van der Waals surface area contributed by atoms with Gasteiger partial charge in [-0.15, -0.1) is 10.2 Å². The molecule has 5 nitrogen and oxygen atoms in total. The number of rotatable bonds is 7. The van der Waals surface area contributed by atoms with Crippen LogP contribution in [0.15, 0.2) is 23.8 Å². The fourth-order valence-electron chi connectivity index (χ4n) is 2.36. The molecule has 0 bridgehead atoms. The highest BCUT2D eigenvalue weighted by molar-refractivity contribution is 5.92. The number of carbonyl (C=O) groups excluding carboxylic acids is 1. The lowest BCUT2D eigenvalue weighted by Gasteiger charge is -2.13. The van der Waals surface area contributed by atoms with Crippen LogP contribution in [0.5, 0.6) is 0 Å². The largest absolute Gasteiger partial charge is 0.368 e. The normalized spacial score (nSPS) is 14.4. The first-order chi connectivity index (χ1) is 10.3. The Labute approximate surface area is 126 Å². The number of carbonyl (C=O) groups is 1. The van der Waals surface area contributed by atoms with Gasteiger partial charge >= 0.3 is 0 Å². The summed E-state index contributed by atoms with van der Waals surface area (Å²) in [7, 11) is 0. The lowest BCUT2D eigenvalue weighted by molar-refractivity contribution is 0.0947. The zero-order valence-corrected chi connectivity index (χ0v) is 12.7. The van der Waals surface area contributed by atoms with Crippen LogP contribution in [0.1, 0.15) is 55.9 Å². The van der Waals surface area contributed by atoms with Crippen LogP contribution in [-0.4, -0.2) is 29.2 Å². The first-order valence-corrected chi connectivity index (χ1v) is 7.83. The molecular formula is C16H24N4O. The number of nitrogens with one attached hydrogen (secondary N) is 2. The van der Waals surface area contributed by atoms with Gasteiger partial charge in [0.2, 0.25) is 0 Å². The zero-order chi connectivity index (χ0) is 14.9. The molecule has 0 aliphatic heterocycles. The lowest BCUT2D eigenvalue weighted by atomic mass is 9.97. The van der Waals surface area contributed by atoms with Gasteiger partial charge in [0.05, 0.1) is 0 Å². The lowest BCUT2D eigenvalue weighted by Crippen LogP contribution is -2.25. The van der Waals surface area contributed by atoms with Crippen molar-refractivity contribution in [2.45, 2.75) is 45.4 Å². The summed E-state index contributed by atoms with van der Waals surface area (Å²) in [6.07, 6.45) is 9.41. The molecule has 0 aromatic carbocycles. The monoisotopic (exact) mass is 288 g/mol. The van der Waals surface area contributed by atoms with Gasteiger partial charge in [-0.3, -0.25) is 4.79 Å². The van der Waals surface area contributed by atoms with Crippen molar-refractivity contribution >= 4 is 11.7 Å². The summed E-state index contributed by atoms with van der Waals surface area (Å²) in [5.74, 6) is 0.557. The first-order valence-electron chi connectivity index (χ1n) is 7.83. The molecule has 0 unspecified atom stereocenters. The predicted octanol–water partition coefficient (Wildman–Crippen LogP) is 2.92. The maximum Gasteiger partial charge on any atom is 0.271 e. The van der Waals surface area contributed by atoms with Crippen molar-refractivity contribution in [1.82, 2.24) is 15.5 Å². The molecule has 0 radical (unpaired) electrons. The summed E-state index contributed by atoms with van der Waals surface area (Å²) in [5.41, 5.74) is 1.90. The summed E-state index contributed by atoms with van der Waals surface area (Å²) in [6.45, 7) is 3.54. The first kappa shape index (κ1) is 15.5. The number of amides is 1. The van der Waals surface area contributed by atoms with Crippen LogP contribution in [0.4, 0.5) is 5.82 Å². The molecule has 5 heteroatoms. The summed E-state index contributed by atoms with van der Waals surface area (Å²) in [4.78, 5) is 11.7. The Morgan fingerprint density at radius 2 is 2.14 bits per heavy atom. The van der Waals surface area contributed by atoms with Crippen LogP contribution < -0.4 is 10.6 Å². The van der Waals surface area contributed by atoms with Crippen LogP contribution in [-0.2, 0) is 0 Å². The highest BCUT2D eigenvalue weighted by Crippen LogP contribution is 2.19. The molecule has 1 aliphatic carbocycles. The Balaban J connectivity index is 1.76. The summed E-state index contributed by atoms with van der Waals surface area (Å²) in [6, 6.07) is 3.52. The quantitative estimate of drug-likeness (QED) is 0.757. The molecule has 1 aromatic rings. The van der Waals surface area contributed by atoms with Crippen molar-refractivity contribution in [2.75, 3.05) is 18.4 Å². The van der Waals surface area contributed by atoms with Gasteiger partial charge < -0.3 is 10.6 Å². The number of aromatic nitrogens is 2. The highest BCUT2D eigenvalue weighted by atomic mass is 16.1. The fourth-order valence-corrected chi connectivity index (χ4v) is 2.36. The second-order valence-electron chi connectivity index (χ2n) is 5.34. The summed E-state index contributed by atoms with van der Waals surface area (Å²) < 4.78 is 0. The van der Waals surface area contributed by atoms with E-state index in [4.69, 9.17) is 0 Å². The topological polar surface area (TPSA) is 66.9 Å². The molecule has 114 valence electrons. The molecule has 1 heterocycles. The SMILES string of the molecule is CCCNC(=O)c1ccc(NCCC2=CCCCC2)nn1. The van der Waals surface area contributed by atoms with Gasteiger partial charge in [0.15, 0.2) is 5.69 Å².